The Morgan fingerprint density at radius 2 is 2.41 bits per heavy atom. The molecule has 1 aromatic heterocycles. The molecule has 2 atom stereocenters. The normalized spacial score (nSPS) is 24.9. The minimum atomic E-state index is -0.759. The lowest BCUT2D eigenvalue weighted by Gasteiger charge is -2.36. The fourth-order valence-electron chi connectivity index (χ4n) is 2.28. The molecule has 0 aliphatic carbocycles. The largest absolute Gasteiger partial charge is 0.480 e. The van der Waals surface area contributed by atoms with Gasteiger partial charge in [-0.1, -0.05) is 13.8 Å². The number of piperidine rings is 1. The van der Waals surface area contributed by atoms with Gasteiger partial charge in [0.1, 0.15) is 11.9 Å². The number of hydrogen-bond acceptors (Lipinski definition) is 5. The number of aryl methyl sites for hydroxylation is 1. The summed E-state index contributed by atoms with van der Waals surface area (Å²) >= 11 is 1.31. The second kappa shape index (κ2) is 5.00. The van der Waals surface area contributed by atoms with Crippen LogP contribution in [0.25, 0.3) is 0 Å². The number of aliphatic carboxylic acids is 1. The zero-order valence-electron chi connectivity index (χ0n) is 10.1. The minimum absolute atomic E-state index is 0.162. The van der Waals surface area contributed by atoms with Gasteiger partial charge in [-0.2, -0.15) is 4.37 Å². The van der Waals surface area contributed by atoms with Crippen molar-refractivity contribution in [3.8, 4) is 0 Å². The summed E-state index contributed by atoms with van der Waals surface area (Å²) in [7, 11) is 0. The van der Waals surface area contributed by atoms with Crippen LogP contribution in [0.1, 0.15) is 32.5 Å². The lowest BCUT2D eigenvalue weighted by atomic mass is 9.91. The van der Waals surface area contributed by atoms with Crippen LogP contribution in [0.3, 0.4) is 0 Å². The summed E-state index contributed by atoms with van der Waals surface area (Å²) in [6.07, 6.45) is 2.77. The third kappa shape index (κ3) is 2.41. The third-order valence-electron chi connectivity index (χ3n) is 3.21. The fraction of sp³-hybridized carbons (Fsp3) is 0.727. The number of carbonyl (C=O) groups is 1. The van der Waals surface area contributed by atoms with Gasteiger partial charge >= 0.3 is 5.97 Å². The van der Waals surface area contributed by atoms with Gasteiger partial charge < -0.3 is 10.0 Å². The quantitative estimate of drug-likeness (QED) is 0.892. The first-order valence-electron chi connectivity index (χ1n) is 5.95. The smallest absolute Gasteiger partial charge is 0.326 e. The van der Waals surface area contributed by atoms with Crippen LogP contribution in [0.2, 0.25) is 0 Å². The number of carboxylic acids is 1. The van der Waals surface area contributed by atoms with Crippen molar-refractivity contribution >= 4 is 22.6 Å². The summed E-state index contributed by atoms with van der Waals surface area (Å²) in [5.74, 6) is 0.202. The topological polar surface area (TPSA) is 66.3 Å². The Morgan fingerprint density at radius 1 is 1.65 bits per heavy atom. The lowest BCUT2D eigenvalue weighted by Crippen LogP contribution is -2.49. The summed E-state index contributed by atoms with van der Waals surface area (Å²) < 4.78 is 4.22. The van der Waals surface area contributed by atoms with E-state index < -0.39 is 12.0 Å². The molecule has 0 bridgehead atoms. The number of nitrogens with zero attached hydrogens (tertiary/aromatic N) is 3. The van der Waals surface area contributed by atoms with Gasteiger partial charge in [-0.15, -0.1) is 0 Å². The highest BCUT2D eigenvalue weighted by Gasteiger charge is 2.35. The average molecular weight is 255 g/mol. The molecule has 1 fully saturated rings. The molecule has 1 saturated heterocycles. The van der Waals surface area contributed by atoms with Gasteiger partial charge in [0.15, 0.2) is 0 Å². The summed E-state index contributed by atoms with van der Waals surface area (Å²) in [6.45, 7) is 4.76. The molecule has 2 rings (SSSR count). The second-order valence-corrected chi connectivity index (χ2v) is 5.17. The van der Waals surface area contributed by atoms with E-state index in [0.29, 0.717) is 0 Å². The van der Waals surface area contributed by atoms with E-state index in [-0.39, 0.29) is 5.92 Å². The van der Waals surface area contributed by atoms with Crippen molar-refractivity contribution in [3.05, 3.63) is 5.82 Å². The number of aromatic nitrogens is 2. The first-order valence-corrected chi connectivity index (χ1v) is 6.72. The Labute approximate surface area is 105 Å². The van der Waals surface area contributed by atoms with Crippen LogP contribution in [-0.4, -0.2) is 33.0 Å². The van der Waals surface area contributed by atoms with Crippen molar-refractivity contribution in [1.29, 1.82) is 0 Å². The van der Waals surface area contributed by atoms with Gasteiger partial charge in [0.2, 0.25) is 5.13 Å². The zero-order valence-corrected chi connectivity index (χ0v) is 10.9. The zero-order chi connectivity index (χ0) is 12.4. The van der Waals surface area contributed by atoms with Crippen LogP contribution in [0, 0.1) is 5.92 Å². The molecule has 6 heteroatoms. The molecular weight excluding hydrogens is 238 g/mol. The molecule has 94 valence electrons. The number of anilines is 1. The predicted octanol–water partition coefficient (Wildman–Crippen LogP) is 1.79. The average Bonchev–Trinajstić information content (AvgIpc) is 2.76. The van der Waals surface area contributed by atoms with E-state index in [0.717, 1.165) is 36.8 Å². The monoisotopic (exact) mass is 255 g/mol. The van der Waals surface area contributed by atoms with E-state index in [1.807, 2.05) is 18.7 Å². The van der Waals surface area contributed by atoms with Crippen LogP contribution in [0.4, 0.5) is 5.13 Å². The maximum absolute atomic E-state index is 11.3. The lowest BCUT2D eigenvalue weighted by molar-refractivity contribution is -0.140. The summed E-state index contributed by atoms with van der Waals surface area (Å²) in [6, 6.07) is -0.457. The Balaban J connectivity index is 2.24. The summed E-state index contributed by atoms with van der Waals surface area (Å²) in [5.41, 5.74) is 0. The van der Waals surface area contributed by atoms with Crippen LogP contribution in [0.5, 0.6) is 0 Å². The van der Waals surface area contributed by atoms with Gasteiger partial charge in [-0.05, 0) is 18.8 Å². The molecule has 1 aliphatic heterocycles. The van der Waals surface area contributed by atoms with E-state index in [2.05, 4.69) is 9.36 Å². The number of carboxylic acid groups (broad SMARTS) is 1. The van der Waals surface area contributed by atoms with Crippen molar-refractivity contribution < 1.29 is 9.90 Å². The van der Waals surface area contributed by atoms with E-state index in [1.54, 1.807) is 0 Å². The molecule has 0 radical (unpaired) electrons. The third-order valence-corrected chi connectivity index (χ3v) is 4.00. The fourth-order valence-corrected chi connectivity index (χ4v) is 3.10. The molecule has 1 aliphatic rings. The Kier molecular flexibility index (Phi) is 3.61. The van der Waals surface area contributed by atoms with Crippen LogP contribution in [0.15, 0.2) is 0 Å². The molecule has 0 saturated carbocycles. The maximum atomic E-state index is 11.3. The number of hydrogen-bond donors (Lipinski definition) is 1. The molecule has 1 aromatic rings. The van der Waals surface area contributed by atoms with Gasteiger partial charge in [0.05, 0.1) is 0 Å². The van der Waals surface area contributed by atoms with Crippen molar-refractivity contribution in [3.63, 3.8) is 0 Å². The summed E-state index contributed by atoms with van der Waals surface area (Å²) in [5, 5.41) is 10.1. The standard InChI is InChI=1S/C11H17N3O2S/c1-3-8-12-11(17-13-8)14-6-4-5-7(2)9(14)10(15)16/h7,9H,3-6H2,1-2H3,(H,15,16). The van der Waals surface area contributed by atoms with Gasteiger partial charge in [0.25, 0.3) is 0 Å². The van der Waals surface area contributed by atoms with E-state index in [9.17, 15) is 9.90 Å². The first kappa shape index (κ1) is 12.3. The summed E-state index contributed by atoms with van der Waals surface area (Å²) in [4.78, 5) is 17.6. The highest BCUT2D eigenvalue weighted by atomic mass is 32.1. The molecule has 5 nitrogen and oxygen atoms in total. The van der Waals surface area contributed by atoms with Crippen molar-refractivity contribution in [2.75, 3.05) is 11.4 Å². The maximum Gasteiger partial charge on any atom is 0.326 e. The van der Waals surface area contributed by atoms with E-state index in [4.69, 9.17) is 0 Å². The Bertz CT molecular complexity index is 407. The first-order chi connectivity index (χ1) is 8.13. The van der Waals surface area contributed by atoms with Crippen LogP contribution in [-0.2, 0) is 11.2 Å². The molecule has 0 aromatic carbocycles. The number of rotatable bonds is 3. The highest BCUT2D eigenvalue weighted by molar-refractivity contribution is 7.09. The molecule has 1 N–H and O–H groups in total. The Morgan fingerprint density at radius 3 is 3.00 bits per heavy atom. The molecule has 2 heterocycles. The SMILES string of the molecule is CCc1nsc(N2CCCC(C)C2C(=O)O)n1. The van der Waals surface area contributed by atoms with Gasteiger partial charge in [0, 0.05) is 24.5 Å². The van der Waals surface area contributed by atoms with E-state index in [1.165, 1.54) is 11.5 Å². The second-order valence-electron chi connectivity index (χ2n) is 4.44. The molecular formula is C11H17N3O2S. The van der Waals surface area contributed by atoms with Crippen molar-refractivity contribution in [2.24, 2.45) is 5.92 Å². The van der Waals surface area contributed by atoms with Crippen molar-refractivity contribution in [1.82, 2.24) is 9.36 Å². The van der Waals surface area contributed by atoms with Crippen LogP contribution >= 0.6 is 11.5 Å². The van der Waals surface area contributed by atoms with Gasteiger partial charge in [-0.25, -0.2) is 9.78 Å². The highest BCUT2D eigenvalue weighted by Crippen LogP contribution is 2.29. The van der Waals surface area contributed by atoms with Crippen molar-refractivity contribution in [2.45, 2.75) is 39.2 Å². The van der Waals surface area contributed by atoms with Crippen LogP contribution < -0.4 is 4.90 Å². The molecule has 0 amide bonds. The minimum Gasteiger partial charge on any atom is -0.480 e. The molecule has 2 unspecified atom stereocenters. The molecule has 17 heavy (non-hydrogen) atoms. The molecule has 0 spiro atoms. The Hall–Kier alpha value is -1.17. The van der Waals surface area contributed by atoms with E-state index >= 15 is 0 Å². The predicted molar refractivity (Wildman–Crippen MR) is 66.5 cm³/mol. The van der Waals surface area contributed by atoms with Gasteiger partial charge in [-0.3, -0.25) is 0 Å².